The van der Waals surface area contributed by atoms with E-state index in [1.807, 2.05) is 33.6 Å². The van der Waals surface area contributed by atoms with Gasteiger partial charge in [0.15, 0.2) is 0 Å². The number of carboxylic acids is 1. The van der Waals surface area contributed by atoms with Crippen molar-refractivity contribution in [3.05, 3.63) is 31.9 Å². The molecule has 2 rings (SSSR count). The zero-order chi connectivity index (χ0) is 14.7. The van der Waals surface area contributed by atoms with Gasteiger partial charge in [0.25, 0.3) is 5.69 Å². The molecule has 0 radical (unpaired) electrons. The molecule has 1 saturated heterocycles. The first-order chi connectivity index (χ1) is 9.49. The maximum atomic E-state index is 11.2. The molecule has 1 unspecified atom stereocenters. The van der Waals surface area contributed by atoms with E-state index in [1.54, 1.807) is 6.07 Å². The van der Waals surface area contributed by atoms with Crippen LogP contribution in [0.15, 0.2) is 18.2 Å². The summed E-state index contributed by atoms with van der Waals surface area (Å²) in [5.74, 6) is -0.866. The van der Waals surface area contributed by atoms with Crippen molar-refractivity contribution < 1.29 is 14.8 Å². The number of hydrogen-bond acceptors (Lipinski definition) is 4. The van der Waals surface area contributed by atoms with Crippen molar-refractivity contribution in [3.8, 4) is 0 Å². The molecule has 0 aromatic heterocycles. The number of nitro benzene ring substituents is 1. The third-order valence-electron chi connectivity index (χ3n) is 3.48. The van der Waals surface area contributed by atoms with E-state index in [9.17, 15) is 14.9 Å². The zero-order valence-electron chi connectivity index (χ0n) is 10.8. The normalized spacial score (nSPS) is 18.9. The number of nitro groups is 1. The summed E-state index contributed by atoms with van der Waals surface area (Å²) in [6.07, 6.45) is 2.67. The van der Waals surface area contributed by atoms with Crippen molar-refractivity contribution >= 4 is 39.9 Å². The molecule has 1 aromatic carbocycles. The van der Waals surface area contributed by atoms with Gasteiger partial charge in [-0.15, -0.1) is 0 Å². The fraction of sp³-hybridized carbons (Fsp3) is 0.462. The standard InChI is InChI=1S/C13H15IN2O4/c14-9-4-5-11(12(7-9)16(19)20)15-6-2-1-3-10(15)8-13(17)18/h4-5,7,10H,1-3,6,8H2,(H,17,18). The number of aliphatic carboxylic acids is 1. The molecule has 0 aliphatic carbocycles. The second-order valence-corrected chi connectivity index (χ2v) is 6.08. The maximum absolute atomic E-state index is 11.2. The molecular weight excluding hydrogens is 375 g/mol. The number of benzene rings is 1. The molecule has 1 fully saturated rings. The van der Waals surface area contributed by atoms with E-state index in [1.165, 1.54) is 6.07 Å². The number of nitrogens with zero attached hydrogens (tertiary/aromatic N) is 2. The van der Waals surface area contributed by atoms with Crippen molar-refractivity contribution in [1.29, 1.82) is 0 Å². The molecule has 0 amide bonds. The summed E-state index contributed by atoms with van der Waals surface area (Å²) in [6.45, 7) is 0.666. The van der Waals surface area contributed by atoms with Gasteiger partial charge < -0.3 is 10.0 Å². The lowest BCUT2D eigenvalue weighted by Crippen LogP contribution is -2.41. The molecular formula is C13H15IN2O4. The van der Waals surface area contributed by atoms with E-state index >= 15 is 0 Å². The average Bonchev–Trinajstić information content (AvgIpc) is 2.39. The minimum atomic E-state index is -0.866. The zero-order valence-corrected chi connectivity index (χ0v) is 12.9. The average molecular weight is 390 g/mol. The third-order valence-corrected chi connectivity index (χ3v) is 4.15. The van der Waals surface area contributed by atoms with Crippen molar-refractivity contribution in [2.75, 3.05) is 11.4 Å². The summed E-state index contributed by atoms with van der Waals surface area (Å²) >= 11 is 2.03. The third kappa shape index (κ3) is 3.38. The number of piperidine rings is 1. The molecule has 0 saturated carbocycles. The lowest BCUT2D eigenvalue weighted by Gasteiger charge is -2.36. The largest absolute Gasteiger partial charge is 0.481 e. The number of carboxylic acid groups (broad SMARTS) is 1. The van der Waals surface area contributed by atoms with Crippen molar-refractivity contribution in [1.82, 2.24) is 0 Å². The van der Waals surface area contributed by atoms with Crippen LogP contribution in [0.25, 0.3) is 0 Å². The molecule has 1 heterocycles. The van der Waals surface area contributed by atoms with Gasteiger partial charge in [-0.2, -0.15) is 0 Å². The Morgan fingerprint density at radius 2 is 2.25 bits per heavy atom. The summed E-state index contributed by atoms with van der Waals surface area (Å²) in [5, 5.41) is 20.2. The highest BCUT2D eigenvalue weighted by atomic mass is 127. The fourth-order valence-corrected chi connectivity index (χ4v) is 3.09. The number of carbonyl (C=O) groups is 1. The van der Waals surface area contributed by atoms with E-state index in [0.717, 1.165) is 22.8 Å². The van der Waals surface area contributed by atoms with Crippen molar-refractivity contribution in [3.63, 3.8) is 0 Å². The van der Waals surface area contributed by atoms with Gasteiger partial charge in [0.2, 0.25) is 0 Å². The highest BCUT2D eigenvalue weighted by molar-refractivity contribution is 14.1. The Morgan fingerprint density at radius 1 is 1.50 bits per heavy atom. The van der Waals surface area contributed by atoms with E-state index in [-0.39, 0.29) is 18.2 Å². The lowest BCUT2D eigenvalue weighted by molar-refractivity contribution is -0.384. The Morgan fingerprint density at radius 3 is 2.90 bits per heavy atom. The van der Waals surface area contributed by atoms with Crippen LogP contribution in [0.5, 0.6) is 0 Å². The van der Waals surface area contributed by atoms with E-state index in [2.05, 4.69) is 0 Å². The minimum Gasteiger partial charge on any atom is -0.481 e. The van der Waals surface area contributed by atoms with E-state index in [4.69, 9.17) is 5.11 Å². The van der Waals surface area contributed by atoms with Gasteiger partial charge in [0, 0.05) is 22.2 Å². The molecule has 108 valence electrons. The number of rotatable bonds is 4. The van der Waals surface area contributed by atoms with Crippen LogP contribution in [-0.2, 0) is 4.79 Å². The van der Waals surface area contributed by atoms with Gasteiger partial charge >= 0.3 is 5.97 Å². The predicted molar refractivity (Wildman–Crippen MR) is 83.1 cm³/mol. The Balaban J connectivity index is 2.36. The quantitative estimate of drug-likeness (QED) is 0.486. The summed E-state index contributed by atoms with van der Waals surface area (Å²) in [4.78, 5) is 23.6. The predicted octanol–water partition coefficient (Wildman–Crippen LogP) is 3.03. The molecule has 0 bridgehead atoms. The molecule has 6 nitrogen and oxygen atoms in total. The van der Waals surface area contributed by atoms with Gasteiger partial charge in [-0.05, 0) is 54.0 Å². The van der Waals surface area contributed by atoms with Crippen molar-refractivity contribution in [2.45, 2.75) is 31.7 Å². The monoisotopic (exact) mass is 390 g/mol. The Bertz CT molecular complexity index is 535. The van der Waals surface area contributed by atoms with Crippen molar-refractivity contribution in [2.24, 2.45) is 0 Å². The van der Waals surface area contributed by atoms with Crippen LogP contribution in [0, 0.1) is 13.7 Å². The highest BCUT2D eigenvalue weighted by Gasteiger charge is 2.29. The summed E-state index contributed by atoms with van der Waals surface area (Å²) < 4.78 is 0.796. The van der Waals surface area contributed by atoms with E-state index in [0.29, 0.717) is 12.2 Å². The number of halogens is 1. The molecule has 1 aromatic rings. The van der Waals surface area contributed by atoms with Gasteiger partial charge in [-0.1, -0.05) is 0 Å². The van der Waals surface area contributed by atoms with Crippen LogP contribution in [-0.4, -0.2) is 28.6 Å². The van der Waals surface area contributed by atoms with Gasteiger partial charge in [-0.25, -0.2) is 0 Å². The summed E-state index contributed by atoms with van der Waals surface area (Å²) in [6, 6.07) is 4.90. The first-order valence-corrected chi connectivity index (χ1v) is 7.49. The van der Waals surface area contributed by atoms with Gasteiger partial charge in [-0.3, -0.25) is 14.9 Å². The van der Waals surface area contributed by atoms with Crippen LogP contribution in [0.1, 0.15) is 25.7 Å². The van der Waals surface area contributed by atoms with Gasteiger partial charge in [0.05, 0.1) is 11.3 Å². The Labute approximate surface area is 130 Å². The molecule has 1 atom stereocenters. The van der Waals surface area contributed by atoms with Crippen LogP contribution in [0.2, 0.25) is 0 Å². The Kier molecular flexibility index (Phi) is 4.79. The second-order valence-electron chi connectivity index (χ2n) is 4.83. The van der Waals surface area contributed by atoms with E-state index < -0.39 is 10.9 Å². The number of anilines is 1. The molecule has 7 heteroatoms. The first-order valence-electron chi connectivity index (χ1n) is 6.41. The first kappa shape index (κ1) is 15.0. The van der Waals surface area contributed by atoms with Crippen LogP contribution < -0.4 is 4.90 Å². The topological polar surface area (TPSA) is 83.7 Å². The molecule has 20 heavy (non-hydrogen) atoms. The van der Waals surface area contributed by atoms with Crippen LogP contribution in [0.3, 0.4) is 0 Å². The summed E-state index contributed by atoms with van der Waals surface area (Å²) in [7, 11) is 0. The second kappa shape index (κ2) is 6.38. The molecule has 1 N–H and O–H groups in total. The molecule has 1 aliphatic rings. The highest BCUT2D eigenvalue weighted by Crippen LogP contribution is 2.34. The maximum Gasteiger partial charge on any atom is 0.305 e. The molecule has 0 spiro atoms. The Hall–Kier alpha value is -1.38. The van der Waals surface area contributed by atoms with Gasteiger partial charge in [0.1, 0.15) is 5.69 Å². The fourth-order valence-electron chi connectivity index (χ4n) is 2.62. The number of hydrogen-bond donors (Lipinski definition) is 1. The lowest BCUT2D eigenvalue weighted by atomic mass is 9.98. The smallest absolute Gasteiger partial charge is 0.305 e. The SMILES string of the molecule is O=C(O)CC1CCCCN1c1ccc(I)cc1[N+](=O)[O-]. The minimum absolute atomic E-state index is 0.0170. The van der Waals surface area contributed by atoms with Crippen LogP contribution in [0.4, 0.5) is 11.4 Å². The summed E-state index contributed by atoms with van der Waals surface area (Å²) in [5.41, 5.74) is 0.579. The van der Waals surface area contributed by atoms with Crippen LogP contribution >= 0.6 is 22.6 Å². The molecule has 1 aliphatic heterocycles.